The van der Waals surface area contributed by atoms with Crippen molar-refractivity contribution in [1.82, 2.24) is 10.1 Å². The molecule has 0 radical (unpaired) electrons. The van der Waals surface area contributed by atoms with Gasteiger partial charge in [0.15, 0.2) is 5.75 Å². The molecule has 6 nitrogen and oxygen atoms in total. The molecule has 3 rings (SSSR count). The molecule has 0 spiro atoms. The molecule has 0 amide bonds. The summed E-state index contributed by atoms with van der Waals surface area (Å²) in [6, 6.07) is 11.2. The van der Waals surface area contributed by atoms with E-state index in [2.05, 4.69) is 16.2 Å². The monoisotopic (exact) mass is 335 g/mol. The third-order valence-electron chi connectivity index (χ3n) is 3.78. The van der Waals surface area contributed by atoms with Gasteiger partial charge in [-0.3, -0.25) is 0 Å². The van der Waals surface area contributed by atoms with Crippen molar-refractivity contribution in [3.8, 4) is 28.8 Å². The maximum Gasteiger partial charge on any atom is 0.256 e. The fraction of sp³-hybridized carbons (Fsp3) is 0.211. The number of aromatic nitrogens is 2. The molecule has 1 aromatic carbocycles. The molecule has 0 aliphatic rings. The molecule has 3 aromatic rings. The number of benzene rings is 1. The fourth-order valence-corrected chi connectivity index (χ4v) is 2.61. The molecule has 126 valence electrons. The number of pyridine rings is 1. The molecular weight excluding hydrogens is 318 g/mol. The maximum absolute atomic E-state index is 8.99. The van der Waals surface area contributed by atoms with E-state index in [1.165, 1.54) is 0 Å². The molecule has 0 bridgehead atoms. The van der Waals surface area contributed by atoms with Gasteiger partial charge in [0.25, 0.3) is 5.88 Å². The Morgan fingerprint density at radius 2 is 2.08 bits per heavy atom. The van der Waals surface area contributed by atoms with Gasteiger partial charge in [-0.05, 0) is 37.6 Å². The SMILES string of the molecule is COc1ncc(-c2c(C)noc2C)cc1OCc1cccc(C#N)c1. The summed E-state index contributed by atoms with van der Waals surface area (Å²) in [5, 5.41) is 13.0. The molecule has 0 unspecified atom stereocenters. The van der Waals surface area contributed by atoms with E-state index < -0.39 is 0 Å². The van der Waals surface area contributed by atoms with Crippen LogP contribution in [-0.4, -0.2) is 17.3 Å². The molecule has 0 N–H and O–H groups in total. The summed E-state index contributed by atoms with van der Waals surface area (Å²) in [5.74, 6) is 1.63. The van der Waals surface area contributed by atoms with Crippen LogP contribution in [0.2, 0.25) is 0 Å². The average molecular weight is 335 g/mol. The highest BCUT2D eigenvalue weighted by atomic mass is 16.5. The lowest BCUT2D eigenvalue weighted by molar-refractivity contribution is 0.279. The molecule has 0 aliphatic carbocycles. The zero-order chi connectivity index (χ0) is 17.8. The van der Waals surface area contributed by atoms with Gasteiger partial charge in [-0.15, -0.1) is 0 Å². The van der Waals surface area contributed by atoms with Crippen LogP contribution < -0.4 is 9.47 Å². The molecule has 2 heterocycles. The first-order valence-electron chi connectivity index (χ1n) is 7.71. The first-order chi connectivity index (χ1) is 12.1. The Bertz CT molecular complexity index is 922. The van der Waals surface area contributed by atoms with Crippen LogP contribution in [-0.2, 0) is 6.61 Å². The number of hydrogen-bond acceptors (Lipinski definition) is 6. The molecule has 6 heteroatoms. The Morgan fingerprint density at radius 3 is 2.76 bits per heavy atom. The molecule has 25 heavy (non-hydrogen) atoms. The Kier molecular flexibility index (Phi) is 4.66. The van der Waals surface area contributed by atoms with Crippen LogP contribution in [0.4, 0.5) is 0 Å². The summed E-state index contributed by atoms with van der Waals surface area (Å²) >= 11 is 0. The molecule has 0 aliphatic heterocycles. The van der Waals surface area contributed by atoms with Gasteiger partial charge in [-0.2, -0.15) is 5.26 Å². The molecule has 2 aromatic heterocycles. The van der Waals surface area contributed by atoms with Crippen LogP contribution in [0.25, 0.3) is 11.1 Å². The smallest absolute Gasteiger partial charge is 0.256 e. The molecule has 0 saturated heterocycles. The highest BCUT2D eigenvalue weighted by Crippen LogP contribution is 2.33. The second kappa shape index (κ2) is 7.05. The number of hydrogen-bond donors (Lipinski definition) is 0. The highest BCUT2D eigenvalue weighted by Gasteiger charge is 2.15. The van der Waals surface area contributed by atoms with Crippen molar-refractivity contribution in [2.24, 2.45) is 0 Å². The summed E-state index contributed by atoms with van der Waals surface area (Å²) in [4.78, 5) is 4.31. The van der Waals surface area contributed by atoms with Crippen molar-refractivity contribution < 1.29 is 14.0 Å². The summed E-state index contributed by atoms with van der Waals surface area (Å²) in [7, 11) is 1.54. The van der Waals surface area contributed by atoms with Gasteiger partial charge >= 0.3 is 0 Å². The zero-order valence-corrected chi connectivity index (χ0v) is 14.2. The quantitative estimate of drug-likeness (QED) is 0.705. The Morgan fingerprint density at radius 1 is 1.24 bits per heavy atom. The van der Waals surface area contributed by atoms with E-state index in [1.54, 1.807) is 25.4 Å². The normalized spacial score (nSPS) is 10.3. The standard InChI is InChI=1S/C19H17N3O3/c1-12-18(13(2)25-22-12)16-8-17(19(23-3)21-10-16)24-11-15-6-4-5-14(7-15)9-20/h4-8,10H,11H2,1-3H3. The van der Waals surface area contributed by atoms with E-state index in [9.17, 15) is 0 Å². The van der Waals surface area contributed by atoms with E-state index in [1.807, 2.05) is 32.0 Å². The van der Waals surface area contributed by atoms with Gasteiger partial charge in [-0.1, -0.05) is 17.3 Å². The van der Waals surface area contributed by atoms with Gasteiger partial charge in [0.2, 0.25) is 0 Å². The van der Waals surface area contributed by atoms with Crippen molar-refractivity contribution >= 4 is 0 Å². The van der Waals surface area contributed by atoms with E-state index >= 15 is 0 Å². The first-order valence-corrected chi connectivity index (χ1v) is 7.71. The van der Waals surface area contributed by atoms with E-state index in [4.69, 9.17) is 19.3 Å². The van der Waals surface area contributed by atoms with Crippen molar-refractivity contribution in [2.75, 3.05) is 7.11 Å². The van der Waals surface area contributed by atoms with Gasteiger partial charge in [0.05, 0.1) is 24.4 Å². The van der Waals surface area contributed by atoms with E-state index in [0.29, 0.717) is 23.8 Å². The fourth-order valence-electron chi connectivity index (χ4n) is 2.61. The van der Waals surface area contributed by atoms with Crippen LogP contribution in [0.15, 0.2) is 41.1 Å². The van der Waals surface area contributed by atoms with Gasteiger partial charge in [0, 0.05) is 17.3 Å². The second-order valence-electron chi connectivity index (χ2n) is 5.53. The Balaban J connectivity index is 1.89. The Hall–Kier alpha value is -3.33. The van der Waals surface area contributed by atoms with Gasteiger partial charge in [-0.25, -0.2) is 4.98 Å². The van der Waals surface area contributed by atoms with Crippen LogP contribution >= 0.6 is 0 Å². The lowest BCUT2D eigenvalue weighted by Crippen LogP contribution is -2.00. The molecule has 0 atom stereocenters. The number of ether oxygens (including phenoxy) is 2. The van der Waals surface area contributed by atoms with Gasteiger partial charge < -0.3 is 14.0 Å². The predicted octanol–water partition coefficient (Wildman–Crippen LogP) is 3.81. The van der Waals surface area contributed by atoms with Crippen molar-refractivity contribution in [2.45, 2.75) is 20.5 Å². The summed E-state index contributed by atoms with van der Waals surface area (Å²) in [6.45, 7) is 4.04. The third-order valence-corrected chi connectivity index (χ3v) is 3.78. The van der Waals surface area contributed by atoms with Gasteiger partial charge in [0.1, 0.15) is 12.4 Å². The maximum atomic E-state index is 8.99. The minimum absolute atomic E-state index is 0.304. The number of nitrogens with zero attached hydrogens (tertiary/aromatic N) is 3. The number of methoxy groups -OCH3 is 1. The number of rotatable bonds is 5. The number of nitriles is 1. The topological polar surface area (TPSA) is 81.2 Å². The zero-order valence-electron chi connectivity index (χ0n) is 14.2. The third kappa shape index (κ3) is 3.45. The molecule has 0 fully saturated rings. The lowest BCUT2D eigenvalue weighted by atomic mass is 10.1. The summed E-state index contributed by atoms with van der Waals surface area (Å²) in [6.07, 6.45) is 1.70. The number of aryl methyl sites for hydroxylation is 2. The molecule has 0 saturated carbocycles. The molecular formula is C19H17N3O3. The largest absolute Gasteiger partial charge is 0.483 e. The summed E-state index contributed by atoms with van der Waals surface area (Å²) in [5.41, 5.74) is 4.01. The van der Waals surface area contributed by atoms with Crippen LogP contribution in [0.1, 0.15) is 22.6 Å². The summed E-state index contributed by atoms with van der Waals surface area (Å²) < 4.78 is 16.4. The van der Waals surface area contributed by atoms with Crippen LogP contribution in [0.3, 0.4) is 0 Å². The van der Waals surface area contributed by atoms with Crippen molar-refractivity contribution in [1.29, 1.82) is 5.26 Å². The second-order valence-corrected chi connectivity index (χ2v) is 5.53. The van der Waals surface area contributed by atoms with Crippen LogP contribution in [0, 0.1) is 25.2 Å². The van der Waals surface area contributed by atoms with E-state index in [-0.39, 0.29) is 0 Å². The highest BCUT2D eigenvalue weighted by molar-refractivity contribution is 5.68. The average Bonchev–Trinajstić information content (AvgIpc) is 2.98. The lowest BCUT2D eigenvalue weighted by Gasteiger charge is -2.11. The van der Waals surface area contributed by atoms with Crippen molar-refractivity contribution in [3.63, 3.8) is 0 Å². The predicted molar refractivity (Wildman–Crippen MR) is 91.2 cm³/mol. The van der Waals surface area contributed by atoms with E-state index in [0.717, 1.165) is 28.1 Å². The minimum Gasteiger partial charge on any atom is -0.483 e. The van der Waals surface area contributed by atoms with Crippen molar-refractivity contribution in [3.05, 3.63) is 59.1 Å². The minimum atomic E-state index is 0.304. The van der Waals surface area contributed by atoms with Crippen LogP contribution in [0.5, 0.6) is 11.6 Å². The first kappa shape index (κ1) is 16.5. The Labute approximate surface area is 145 Å².